The summed E-state index contributed by atoms with van der Waals surface area (Å²) in [7, 11) is 1.76. The first-order chi connectivity index (χ1) is 10.1. The first-order valence-corrected chi connectivity index (χ1v) is 6.96. The van der Waals surface area contributed by atoms with Gasteiger partial charge in [-0.2, -0.15) is 0 Å². The molecular formula is C17H20N2O2. The number of phenolic OH excluding ortho intramolecular Hbond substituents is 1. The second-order valence-electron chi connectivity index (χ2n) is 5.09. The Balaban J connectivity index is 1.89. The van der Waals surface area contributed by atoms with Gasteiger partial charge in [0, 0.05) is 19.2 Å². The Labute approximate surface area is 124 Å². The van der Waals surface area contributed by atoms with Crippen LogP contribution in [0.25, 0.3) is 0 Å². The van der Waals surface area contributed by atoms with Crippen LogP contribution in [0.1, 0.15) is 22.3 Å². The minimum atomic E-state index is -0.113. The number of anilines is 1. The lowest BCUT2D eigenvalue weighted by atomic mass is 10.1. The molecule has 0 atom stereocenters. The zero-order valence-corrected chi connectivity index (χ0v) is 12.1. The fraction of sp³-hybridized carbons (Fsp3) is 0.235. The zero-order chi connectivity index (χ0) is 15.2. The molecular weight excluding hydrogens is 264 g/mol. The number of carbonyl (C=O) groups excluding carboxylic acids is 1. The Morgan fingerprint density at radius 2 is 1.90 bits per heavy atom. The number of rotatable bonds is 5. The number of nitrogen functional groups attached to an aromatic ring is 1. The van der Waals surface area contributed by atoms with Crippen molar-refractivity contribution in [3.8, 4) is 5.75 Å². The molecule has 2 rings (SSSR count). The van der Waals surface area contributed by atoms with Crippen molar-refractivity contribution < 1.29 is 9.90 Å². The standard InChI is InChI=1S/C17H20N2O2/c1-19(11-5-8-13-6-3-2-4-7-13)17(21)14-9-10-15(18)16(20)12-14/h2-4,6-7,9-10,12,20H,5,8,11,18H2,1H3. The van der Waals surface area contributed by atoms with Gasteiger partial charge in [0.2, 0.25) is 0 Å². The number of hydrogen-bond acceptors (Lipinski definition) is 3. The number of phenols is 1. The normalized spacial score (nSPS) is 10.3. The number of carbonyl (C=O) groups is 1. The summed E-state index contributed by atoms with van der Waals surface area (Å²) in [6, 6.07) is 14.8. The minimum absolute atomic E-state index is 0.0569. The molecule has 0 aliphatic carbocycles. The van der Waals surface area contributed by atoms with Crippen molar-refractivity contribution >= 4 is 11.6 Å². The molecule has 0 spiro atoms. The van der Waals surface area contributed by atoms with E-state index in [1.807, 2.05) is 18.2 Å². The predicted molar refractivity (Wildman–Crippen MR) is 84.2 cm³/mol. The van der Waals surface area contributed by atoms with Crippen LogP contribution in [-0.2, 0) is 6.42 Å². The Kier molecular flexibility index (Phi) is 4.82. The van der Waals surface area contributed by atoms with E-state index in [1.54, 1.807) is 24.1 Å². The molecule has 0 saturated heterocycles. The van der Waals surface area contributed by atoms with Gasteiger partial charge >= 0.3 is 0 Å². The fourth-order valence-corrected chi connectivity index (χ4v) is 2.16. The van der Waals surface area contributed by atoms with Crippen LogP contribution in [0.2, 0.25) is 0 Å². The number of amides is 1. The van der Waals surface area contributed by atoms with Crippen molar-refractivity contribution in [3.63, 3.8) is 0 Å². The van der Waals surface area contributed by atoms with Crippen molar-refractivity contribution in [3.05, 3.63) is 59.7 Å². The van der Waals surface area contributed by atoms with E-state index in [0.29, 0.717) is 12.1 Å². The fourth-order valence-electron chi connectivity index (χ4n) is 2.16. The molecule has 110 valence electrons. The Bertz CT molecular complexity index is 611. The zero-order valence-electron chi connectivity index (χ0n) is 12.1. The molecule has 0 fully saturated rings. The van der Waals surface area contributed by atoms with Gasteiger partial charge in [0.15, 0.2) is 0 Å². The Hall–Kier alpha value is -2.49. The van der Waals surface area contributed by atoms with Gasteiger partial charge in [-0.15, -0.1) is 0 Å². The van der Waals surface area contributed by atoms with E-state index in [-0.39, 0.29) is 17.3 Å². The Morgan fingerprint density at radius 3 is 2.57 bits per heavy atom. The molecule has 21 heavy (non-hydrogen) atoms. The van der Waals surface area contributed by atoms with Crippen LogP contribution in [0.3, 0.4) is 0 Å². The second kappa shape index (κ2) is 6.79. The molecule has 0 aromatic heterocycles. The summed E-state index contributed by atoms with van der Waals surface area (Å²) in [5.41, 5.74) is 7.53. The molecule has 0 unspecified atom stereocenters. The molecule has 0 saturated carbocycles. The molecule has 3 N–H and O–H groups in total. The van der Waals surface area contributed by atoms with Gasteiger partial charge in [-0.3, -0.25) is 4.79 Å². The van der Waals surface area contributed by atoms with E-state index in [4.69, 9.17) is 5.73 Å². The third-order valence-corrected chi connectivity index (χ3v) is 3.43. The van der Waals surface area contributed by atoms with Gasteiger partial charge in [0.1, 0.15) is 5.75 Å². The van der Waals surface area contributed by atoms with Crippen molar-refractivity contribution in [2.75, 3.05) is 19.3 Å². The predicted octanol–water partition coefficient (Wildman–Crippen LogP) is 2.68. The maximum Gasteiger partial charge on any atom is 0.253 e. The second-order valence-corrected chi connectivity index (χ2v) is 5.09. The van der Waals surface area contributed by atoms with Crippen LogP contribution < -0.4 is 5.73 Å². The lowest BCUT2D eigenvalue weighted by molar-refractivity contribution is 0.0793. The highest BCUT2D eigenvalue weighted by Gasteiger charge is 2.12. The van der Waals surface area contributed by atoms with Crippen LogP contribution in [0, 0.1) is 0 Å². The van der Waals surface area contributed by atoms with E-state index in [9.17, 15) is 9.90 Å². The maximum absolute atomic E-state index is 12.2. The van der Waals surface area contributed by atoms with E-state index < -0.39 is 0 Å². The number of benzene rings is 2. The van der Waals surface area contributed by atoms with Gasteiger partial charge in [0.05, 0.1) is 5.69 Å². The summed E-state index contributed by atoms with van der Waals surface area (Å²) in [5, 5.41) is 9.56. The highest BCUT2D eigenvalue weighted by molar-refractivity contribution is 5.95. The summed E-state index contributed by atoms with van der Waals surface area (Å²) in [5.74, 6) is -0.170. The lowest BCUT2D eigenvalue weighted by Gasteiger charge is -2.17. The summed E-state index contributed by atoms with van der Waals surface area (Å²) < 4.78 is 0. The average molecular weight is 284 g/mol. The summed E-state index contributed by atoms with van der Waals surface area (Å²) in [6.45, 7) is 0.666. The lowest BCUT2D eigenvalue weighted by Crippen LogP contribution is -2.28. The number of hydrogen-bond donors (Lipinski definition) is 2. The molecule has 0 aliphatic rings. The van der Waals surface area contributed by atoms with Crippen molar-refractivity contribution in [1.29, 1.82) is 0 Å². The van der Waals surface area contributed by atoms with Gasteiger partial charge in [-0.1, -0.05) is 30.3 Å². The number of nitrogens with zero attached hydrogens (tertiary/aromatic N) is 1. The molecule has 0 radical (unpaired) electrons. The summed E-state index contributed by atoms with van der Waals surface area (Å²) >= 11 is 0. The first-order valence-electron chi connectivity index (χ1n) is 6.96. The van der Waals surface area contributed by atoms with Crippen LogP contribution in [0.5, 0.6) is 5.75 Å². The molecule has 4 nitrogen and oxygen atoms in total. The minimum Gasteiger partial charge on any atom is -0.506 e. The van der Waals surface area contributed by atoms with Gasteiger partial charge in [-0.25, -0.2) is 0 Å². The third kappa shape index (κ3) is 3.99. The van der Waals surface area contributed by atoms with Crippen molar-refractivity contribution in [1.82, 2.24) is 4.90 Å². The molecule has 1 amide bonds. The highest BCUT2D eigenvalue weighted by Crippen LogP contribution is 2.21. The quantitative estimate of drug-likeness (QED) is 0.655. The molecule has 0 bridgehead atoms. The van der Waals surface area contributed by atoms with Crippen LogP contribution in [0.15, 0.2) is 48.5 Å². The number of aryl methyl sites for hydroxylation is 1. The topological polar surface area (TPSA) is 66.6 Å². The SMILES string of the molecule is CN(CCCc1ccccc1)C(=O)c1ccc(N)c(O)c1. The maximum atomic E-state index is 12.2. The molecule has 0 aliphatic heterocycles. The Morgan fingerprint density at radius 1 is 1.19 bits per heavy atom. The van der Waals surface area contributed by atoms with Gasteiger partial charge in [0.25, 0.3) is 5.91 Å². The number of nitrogens with two attached hydrogens (primary N) is 1. The monoisotopic (exact) mass is 284 g/mol. The summed E-state index contributed by atoms with van der Waals surface area (Å²) in [6.07, 6.45) is 1.83. The van der Waals surface area contributed by atoms with Crippen LogP contribution in [0.4, 0.5) is 5.69 Å². The van der Waals surface area contributed by atoms with Crippen LogP contribution >= 0.6 is 0 Å². The smallest absolute Gasteiger partial charge is 0.253 e. The largest absolute Gasteiger partial charge is 0.506 e. The van der Waals surface area contributed by atoms with E-state index in [2.05, 4.69) is 12.1 Å². The van der Waals surface area contributed by atoms with E-state index >= 15 is 0 Å². The molecule has 2 aromatic carbocycles. The van der Waals surface area contributed by atoms with Gasteiger partial charge < -0.3 is 15.7 Å². The van der Waals surface area contributed by atoms with E-state index in [0.717, 1.165) is 12.8 Å². The van der Waals surface area contributed by atoms with Gasteiger partial charge in [-0.05, 0) is 36.6 Å². The summed E-state index contributed by atoms with van der Waals surface area (Å²) in [4.78, 5) is 13.9. The van der Waals surface area contributed by atoms with Crippen molar-refractivity contribution in [2.24, 2.45) is 0 Å². The number of aromatic hydroxyl groups is 1. The average Bonchev–Trinajstić information content (AvgIpc) is 2.50. The third-order valence-electron chi connectivity index (χ3n) is 3.43. The molecule has 4 heteroatoms. The molecule has 2 aromatic rings. The first kappa shape index (κ1) is 14.9. The highest BCUT2D eigenvalue weighted by atomic mass is 16.3. The van der Waals surface area contributed by atoms with E-state index in [1.165, 1.54) is 11.6 Å². The molecule has 0 heterocycles. The van der Waals surface area contributed by atoms with Crippen LogP contribution in [-0.4, -0.2) is 29.5 Å². The van der Waals surface area contributed by atoms with Crippen molar-refractivity contribution in [2.45, 2.75) is 12.8 Å².